The first-order chi connectivity index (χ1) is 13.6. The summed E-state index contributed by atoms with van der Waals surface area (Å²) in [6.07, 6.45) is 1.14. The van der Waals surface area contributed by atoms with Gasteiger partial charge in [-0.1, -0.05) is 54.6 Å². The molecule has 0 saturated carbocycles. The number of nitrogen functional groups attached to an aromatic ring is 1. The molecule has 1 unspecified atom stereocenters. The van der Waals surface area contributed by atoms with Crippen LogP contribution in [0.3, 0.4) is 0 Å². The third-order valence-electron chi connectivity index (χ3n) is 5.63. The molecular formula is C24H20N2O2. The minimum atomic E-state index is 0.0591. The minimum Gasteiger partial charge on any atom is -0.438 e. The van der Waals surface area contributed by atoms with Gasteiger partial charge in [0.15, 0.2) is 5.78 Å². The van der Waals surface area contributed by atoms with Crippen LogP contribution in [0, 0.1) is 6.92 Å². The van der Waals surface area contributed by atoms with Crippen LogP contribution in [0.4, 0.5) is 5.69 Å². The molecule has 4 aromatic rings. The number of hydrogen-bond donors (Lipinski definition) is 1. The number of nitrogens with two attached hydrogens (primary N) is 1. The normalized spacial score (nSPS) is 16.3. The van der Waals surface area contributed by atoms with Crippen LogP contribution >= 0.6 is 0 Å². The average Bonchev–Trinajstić information content (AvgIpc) is 3.13. The smallest absolute Gasteiger partial charge is 0.229 e. The van der Waals surface area contributed by atoms with Gasteiger partial charge in [0, 0.05) is 12.0 Å². The molecule has 2 N–H and O–H groups in total. The Labute approximate surface area is 163 Å². The zero-order valence-corrected chi connectivity index (χ0v) is 15.6. The van der Waals surface area contributed by atoms with E-state index in [1.807, 2.05) is 48.5 Å². The fraction of sp³-hybridized carbons (Fsp3) is 0.167. The van der Waals surface area contributed by atoms with E-state index in [9.17, 15) is 4.79 Å². The highest BCUT2D eigenvalue weighted by Gasteiger charge is 2.31. The van der Waals surface area contributed by atoms with Crippen molar-refractivity contribution in [3.05, 3.63) is 83.0 Å². The number of benzene rings is 2. The van der Waals surface area contributed by atoms with Crippen molar-refractivity contribution in [3.8, 4) is 11.3 Å². The maximum atomic E-state index is 13.0. The number of carbonyl (C=O) groups excluding carboxylic acids is 1. The SMILES string of the molecule is Cc1ccccc1C1CC(=O)c2c(nc3oc(-c4ccccc4)cc3c2N)C1. The third-order valence-corrected chi connectivity index (χ3v) is 5.63. The topological polar surface area (TPSA) is 69.1 Å². The Kier molecular flexibility index (Phi) is 3.79. The molecule has 0 fully saturated rings. The second-order valence-corrected chi connectivity index (χ2v) is 7.43. The molecule has 2 heterocycles. The van der Waals surface area contributed by atoms with E-state index in [-0.39, 0.29) is 11.7 Å². The van der Waals surface area contributed by atoms with Gasteiger partial charge in [-0.3, -0.25) is 4.79 Å². The maximum Gasteiger partial charge on any atom is 0.229 e. The van der Waals surface area contributed by atoms with E-state index in [0.717, 1.165) is 11.3 Å². The molecule has 0 spiro atoms. The predicted octanol–water partition coefficient (Wildman–Crippen LogP) is 5.30. The summed E-state index contributed by atoms with van der Waals surface area (Å²) in [5.41, 5.74) is 12.1. The number of anilines is 1. The number of pyridine rings is 1. The predicted molar refractivity (Wildman–Crippen MR) is 110 cm³/mol. The lowest BCUT2D eigenvalue weighted by Crippen LogP contribution is -2.22. The van der Waals surface area contributed by atoms with E-state index in [1.165, 1.54) is 11.1 Å². The van der Waals surface area contributed by atoms with E-state index in [0.29, 0.717) is 41.0 Å². The van der Waals surface area contributed by atoms with Gasteiger partial charge in [0.25, 0.3) is 0 Å². The Bertz CT molecular complexity index is 1210. The highest BCUT2D eigenvalue weighted by Crippen LogP contribution is 2.39. The second-order valence-electron chi connectivity index (χ2n) is 7.43. The number of furan rings is 1. The summed E-state index contributed by atoms with van der Waals surface area (Å²) in [5, 5.41) is 0.709. The highest BCUT2D eigenvalue weighted by molar-refractivity contribution is 6.09. The van der Waals surface area contributed by atoms with E-state index >= 15 is 0 Å². The molecule has 4 nitrogen and oxygen atoms in total. The number of aromatic nitrogens is 1. The quantitative estimate of drug-likeness (QED) is 0.521. The van der Waals surface area contributed by atoms with Crippen LogP contribution in [-0.2, 0) is 6.42 Å². The Morgan fingerprint density at radius 2 is 1.79 bits per heavy atom. The zero-order chi connectivity index (χ0) is 19.3. The van der Waals surface area contributed by atoms with Gasteiger partial charge in [0.1, 0.15) is 5.76 Å². The summed E-state index contributed by atoms with van der Waals surface area (Å²) in [5.74, 6) is 0.887. The molecular weight excluding hydrogens is 348 g/mol. The van der Waals surface area contributed by atoms with Crippen molar-refractivity contribution in [2.75, 3.05) is 5.73 Å². The lowest BCUT2D eigenvalue weighted by atomic mass is 9.79. The van der Waals surface area contributed by atoms with Crippen LogP contribution in [0.2, 0.25) is 0 Å². The first-order valence-electron chi connectivity index (χ1n) is 9.48. The van der Waals surface area contributed by atoms with E-state index in [1.54, 1.807) is 0 Å². The number of nitrogens with zero attached hydrogens (tertiary/aromatic N) is 1. The summed E-state index contributed by atoms with van der Waals surface area (Å²) in [6, 6.07) is 19.9. The van der Waals surface area contributed by atoms with E-state index in [2.05, 4.69) is 19.1 Å². The van der Waals surface area contributed by atoms with Gasteiger partial charge >= 0.3 is 0 Å². The first kappa shape index (κ1) is 16.8. The van der Waals surface area contributed by atoms with Gasteiger partial charge in [-0.2, -0.15) is 0 Å². The molecule has 1 aliphatic rings. The summed E-state index contributed by atoms with van der Waals surface area (Å²) < 4.78 is 6.00. The minimum absolute atomic E-state index is 0.0591. The van der Waals surface area contributed by atoms with Crippen molar-refractivity contribution >= 4 is 22.6 Å². The molecule has 0 bridgehead atoms. The Hall–Kier alpha value is -3.40. The van der Waals surface area contributed by atoms with Gasteiger partial charge in [-0.15, -0.1) is 0 Å². The largest absolute Gasteiger partial charge is 0.438 e. The lowest BCUT2D eigenvalue weighted by molar-refractivity contribution is 0.0964. The van der Waals surface area contributed by atoms with Crippen molar-refractivity contribution in [1.82, 2.24) is 4.98 Å². The highest BCUT2D eigenvalue weighted by atomic mass is 16.3. The van der Waals surface area contributed by atoms with Crippen LogP contribution in [0.1, 0.15) is 39.5 Å². The van der Waals surface area contributed by atoms with Crippen molar-refractivity contribution < 1.29 is 9.21 Å². The van der Waals surface area contributed by atoms with Crippen LogP contribution < -0.4 is 5.73 Å². The van der Waals surface area contributed by atoms with Gasteiger partial charge in [0.05, 0.1) is 22.3 Å². The van der Waals surface area contributed by atoms with Gasteiger partial charge < -0.3 is 10.2 Å². The molecule has 138 valence electrons. The van der Waals surface area contributed by atoms with Crippen LogP contribution in [0.15, 0.2) is 65.1 Å². The van der Waals surface area contributed by atoms with Gasteiger partial charge in [0.2, 0.25) is 5.71 Å². The standard InChI is InChI=1S/C24H20N2O2/c1-14-7-5-6-10-17(14)16-11-19-22(20(27)12-16)23(25)18-13-21(28-24(18)26-19)15-8-3-2-4-9-15/h2-10,13,16H,11-12H2,1H3,(H2,25,26). The molecule has 0 saturated heterocycles. The summed E-state index contributed by atoms with van der Waals surface area (Å²) in [4.78, 5) is 17.7. The number of rotatable bonds is 2. The molecule has 0 aliphatic heterocycles. The van der Waals surface area contributed by atoms with E-state index < -0.39 is 0 Å². The number of hydrogen-bond acceptors (Lipinski definition) is 4. The second kappa shape index (κ2) is 6.34. The van der Waals surface area contributed by atoms with Gasteiger partial charge in [-0.25, -0.2) is 4.98 Å². The lowest BCUT2D eigenvalue weighted by Gasteiger charge is -2.25. The number of carbonyl (C=O) groups is 1. The number of ketones is 1. The molecule has 1 atom stereocenters. The fourth-order valence-electron chi connectivity index (χ4n) is 4.23. The Balaban J connectivity index is 1.62. The summed E-state index contributed by atoms with van der Waals surface area (Å²) in [7, 11) is 0. The average molecular weight is 368 g/mol. The molecule has 1 aliphatic carbocycles. The van der Waals surface area contributed by atoms with Crippen molar-refractivity contribution in [1.29, 1.82) is 0 Å². The molecule has 0 amide bonds. The van der Waals surface area contributed by atoms with Crippen molar-refractivity contribution in [2.45, 2.75) is 25.7 Å². The number of Topliss-reactive ketones (excluding diaryl/α,β-unsaturated/α-hetero) is 1. The molecule has 28 heavy (non-hydrogen) atoms. The fourth-order valence-corrected chi connectivity index (χ4v) is 4.23. The van der Waals surface area contributed by atoms with Crippen molar-refractivity contribution in [3.63, 3.8) is 0 Å². The van der Waals surface area contributed by atoms with Crippen LogP contribution in [0.5, 0.6) is 0 Å². The number of fused-ring (bicyclic) bond motifs is 2. The maximum absolute atomic E-state index is 13.0. The zero-order valence-electron chi connectivity index (χ0n) is 15.6. The molecule has 0 radical (unpaired) electrons. The molecule has 2 aromatic heterocycles. The third kappa shape index (κ3) is 2.61. The van der Waals surface area contributed by atoms with Crippen LogP contribution in [0.25, 0.3) is 22.4 Å². The monoisotopic (exact) mass is 368 g/mol. The molecule has 4 heteroatoms. The first-order valence-corrected chi connectivity index (χ1v) is 9.48. The Morgan fingerprint density at radius 1 is 1.04 bits per heavy atom. The summed E-state index contributed by atoms with van der Waals surface area (Å²) >= 11 is 0. The molecule has 5 rings (SSSR count). The number of aryl methyl sites for hydroxylation is 1. The van der Waals surface area contributed by atoms with E-state index in [4.69, 9.17) is 15.1 Å². The van der Waals surface area contributed by atoms with Gasteiger partial charge in [-0.05, 0) is 36.5 Å². The molecule has 2 aromatic carbocycles. The Morgan fingerprint density at radius 3 is 2.57 bits per heavy atom. The summed E-state index contributed by atoms with van der Waals surface area (Å²) in [6.45, 7) is 2.08. The van der Waals surface area contributed by atoms with Crippen LogP contribution in [-0.4, -0.2) is 10.8 Å². The van der Waals surface area contributed by atoms with Crippen molar-refractivity contribution in [2.24, 2.45) is 0 Å².